The van der Waals surface area contributed by atoms with Crippen LogP contribution in [0.3, 0.4) is 0 Å². The third kappa shape index (κ3) is 5.18. The largest absolute Gasteiger partial charge is 1.00 e. The van der Waals surface area contributed by atoms with Gasteiger partial charge >= 0.3 is 0 Å². The van der Waals surface area contributed by atoms with E-state index in [9.17, 15) is 0 Å². The molecule has 2 heterocycles. The van der Waals surface area contributed by atoms with Gasteiger partial charge in [0.25, 0.3) is 5.01 Å². The highest BCUT2D eigenvalue weighted by molar-refractivity contribution is 8.03. The van der Waals surface area contributed by atoms with Gasteiger partial charge in [-0.25, -0.2) is 0 Å². The summed E-state index contributed by atoms with van der Waals surface area (Å²) < 4.78 is 3.89. The maximum absolute atomic E-state index is 3.45. The van der Waals surface area contributed by atoms with Gasteiger partial charge in [0.2, 0.25) is 5.52 Å². The Morgan fingerprint density at radius 1 is 0.967 bits per heavy atom. The van der Waals surface area contributed by atoms with Crippen molar-refractivity contribution in [1.82, 2.24) is 0 Å². The van der Waals surface area contributed by atoms with Gasteiger partial charge in [-0.2, -0.15) is 4.57 Å². The van der Waals surface area contributed by atoms with Gasteiger partial charge in [0.05, 0.1) is 10.7 Å². The van der Waals surface area contributed by atoms with Gasteiger partial charge in [-0.05, 0) is 30.7 Å². The Kier molecular flexibility index (Phi) is 8.60. The monoisotopic (exact) mass is 546 g/mol. The summed E-state index contributed by atoms with van der Waals surface area (Å²) in [5.41, 5.74) is 4.09. The van der Waals surface area contributed by atoms with Crippen molar-refractivity contribution in [3.05, 3.63) is 82.4 Å². The molecule has 1 aliphatic rings. The molecular formula is C25H27IN2S2. The van der Waals surface area contributed by atoms with Gasteiger partial charge in [0.15, 0.2) is 0 Å². The molecule has 4 rings (SSSR count). The van der Waals surface area contributed by atoms with Crippen LogP contribution in [0.2, 0.25) is 0 Å². The van der Waals surface area contributed by atoms with Crippen LogP contribution in [0, 0.1) is 0 Å². The summed E-state index contributed by atoms with van der Waals surface area (Å²) in [4.78, 5) is 1.29. The van der Waals surface area contributed by atoms with Gasteiger partial charge in [0, 0.05) is 23.0 Å². The van der Waals surface area contributed by atoms with E-state index < -0.39 is 0 Å². The number of aryl methyl sites for hydroxylation is 2. The summed E-state index contributed by atoms with van der Waals surface area (Å²) in [6.45, 7) is 5.57. The first-order valence-corrected chi connectivity index (χ1v) is 12.0. The van der Waals surface area contributed by atoms with Gasteiger partial charge in [-0.3, -0.25) is 0 Å². The number of allylic oxidation sites excluding steroid dienone is 4. The molecule has 2 aromatic carbocycles. The summed E-state index contributed by atoms with van der Waals surface area (Å²) in [6, 6.07) is 15.2. The second-order valence-electron chi connectivity index (χ2n) is 7.10. The van der Waals surface area contributed by atoms with E-state index in [1.54, 1.807) is 11.8 Å². The molecule has 0 spiro atoms. The summed E-state index contributed by atoms with van der Waals surface area (Å²) in [7, 11) is 0. The smallest absolute Gasteiger partial charge is 0.262 e. The van der Waals surface area contributed by atoms with Crippen molar-refractivity contribution in [2.75, 3.05) is 5.32 Å². The fraction of sp³-hybridized carbons (Fsp3) is 0.240. The number of fused-ring (bicyclic) bond motifs is 2. The lowest BCUT2D eigenvalue weighted by Crippen LogP contribution is -3.00. The lowest BCUT2D eigenvalue weighted by molar-refractivity contribution is -0.669. The molecule has 1 N–H and O–H groups in total. The first-order valence-electron chi connectivity index (χ1n) is 10.3. The minimum absolute atomic E-state index is 0. The van der Waals surface area contributed by atoms with Crippen molar-refractivity contribution in [1.29, 1.82) is 0 Å². The number of nitrogens with zero attached hydrogens (tertiary/aromatic N) is 1. The second kappa shape index (κ2) is 11.2. The van der Waals surface area contributed by atoms with Crippen LogP contribution in [0.1, 0.15) is 37.3 Å². The number of nitrogens with one attached hydrogen (secondary N) is 1. The number of hydrogen-bond donors (Lipinski definition) is 1. The minimum atomic E-state index is 0. The van der Waals surface area contributed by atoms with Crippen LogP contribution >= 0.6 is 23.1 Å². The molecule has 1 aliphatic heterocycles. The number of rotatable bonds is 7. The SMILES string of the molecule is CCCc1cccc2sc(C=CC=CC=C3Nc4ccccc4S3)[n+](CCC)c12.[I-]. The predicted octanol–water partition coefficient (Wildman–Crippen LogP) is 4.18. The molecule has 2 nitrogen and oxygen atoms in total. The lowest BCUT2D eigenvalue weighted by atomic mass is 10.1. The van der Waals surface area contributed by atoms with Crippen molar-refractivity contribution in [2.45, 2.75) is 44.6 Å². The van der Waals surface area contributed by atoms with E-state index in [4.69, 9.17) is 0 Å². The van der Waals surface area contributed by atoms with Crippen LogP contribution in [0.4, 0.5) is 5.69 Å². The number of para-hydroxylation sites is 2. The maximum atomic E-state index is 3.45. The van der Waals surface area contributed by atoms with E-state index in [-0.39, 0.29) is 24.0 Å². The van der Waals surface area contributed by atoms with Crippen molar-refractivity contribution >= 4 is 45.1 Å². The van der Waals surface area contributed by atoms with E-state index >= 15 is 0 Å². The number of thiazole rings is 1. The second-order valence-corrected chi connectivity index (χ2v) is 9.25. The molecule has 1 aromatic heterocycles. The first kappa shape index (κ1) is 23.1. The van der Waals surface area contributed by atoms with Gasteiger partial charge in [-0.15, -0.1) is 0 Å². The number of hydrogen-bond acceptors (Lipinski definition) is 3. The predicted molar refractivity (Wildman–Crippen MR) is 128 cm³/mol. The molecular weight excluding hydrogens is 519 g/mol. The molecule has 156 valence electrons. The molecule has 0 amide bonds. The minimum Gasteiger partial charge on any atom is -1.00 e. The van der Waals surface area contributed by atoms with Crippen LogP contribution in [-0.4, -0.2) is 0 Å². The number of halogens is 1. The Hall–Kier alpha value is -1.57. The van der Waals surface area contributed by atoms with Crippen molar-refractivity contribution in [2.24, 2.45) is 0 Å². The Morgan fingerprint density at radius 3 is 2.63 bits per heavy atom. The molecule has 0 saturated carbocycles. The molecule has 0 fully saturated rings. The number of benzene rings is 2. The van der Waals surface area contributed by atoms with E-state index in [1.165, 1.54) is 42.8 Å². The zero-order valence-corrected chi connectivity index (χ0v) is 21.2. The molecule has 0 radical (unpaired) electrons. The lowest BCUT2D eigenvalue weighted by Gasteiger charge is -2.00. The van der Waals surface area contributed by atoms with E-state index in [1.807, 2.05) is 11.3 Å². The van der Waals surface area contributed by atoms with Gasteiger partial charge < -0.3 is 29.3 Å². The Balaban J connectivity index is 0.00000256. The first-order chi connectivity index (χ1) is 14.3. The van der Waals surface area contributed by atoms with Crippen molar-refractivity contribution in [3.8, 4) is 0 Å². The average molecular weight is 547 g/mol. The fourth-order valence-electron chi connectivity index (χ4n) is 3.63. The van der Waals surface area contributed by atoms with E-state index in [0.717, 1.165) is 19.4 Å². The van der Waals surface area contributed by atoms with E-state index in [2.05, 4.69) is 96.6 Å². The zero-order chi connectivity index (χ0) is 20.1. The van der Waals surface area contributed by atoms with Gasteiger partial charge in [-0.1, -0.05) is 85.9 Å². The molecule has 0 bridgehead atoms. The van der Waals surface area contributed by atoms with Crippen LogP contribution in [-0.2, 0) is 13.0 Å². The van der Waals surface area contributed by atoms with Gasteiger partial charge in [0.1, 0.15) is 11.2 Å². The Labute approximate surface area is 204 Å². The molecule has 5 heteroatoms. The number of thioether (sulfide) groups is 1. The molecule has 3 aromatic rings. The molecule has 0 unspecified atom stereocenters. The van der Waals surface area contributed by atoms with Crippen LogP contribution in [0.15, 0.2) is 76.7 Å². The highest BCUT2D eigenvalue weighted by atomic mass is 127. The van der Waals surface area contributed by atoms with Crippen molar-refractivity contribution in [3.63, 3.8) is 0 Å². The van der Waals surface area contributed by atoms with Crippen molar-refractivity contribution < 1.29 is 28.5 Å². The Bertz CT molecular complexity index is 1070. The summed E-state index contributed by atoms with van der Waals surface area (Å²) in [5.74, 6) is 0. The summed E-state index contributed by atoms with van der Waals surface area (Å²) in [5, 5.41) is 5.94. The molecule has 0 aliphatic carbocycles. The Morgan fingerprint density at radius 2 is 1.83 bits per heavy atom. The summed E-state index contributed by atoms with van der Waals surface area (Å²) in [6.07, 6.45) is 14.2. The normalized spacial score (nSPS) is 14.5. The molecule has 0 atom stereocenters. The van der Waals surface area contributed by atoms with Crippen LogP contribution in [0.5, 0.6) is 0 Å². The fourth-order valence-corrected chi connectivity index (χ4v) is 5.70. The standard InChI is InChI=1S/C25H26N2S2.HI/c1-3-11-19-12-10-15-22-25(19)27(18-4-2)24(29-22)17-7-5-6-16-23-26-20-13-8-9-14-21(20)28-23;/h5-10,12-17H,3-4,11,18H2,1-2H3;1H. The molecule has 30 heavy (non-hydrogen) atoms. The third-order valence-electron chi connectivity index (χ3n) is 4.87. The topological polar surface area (TPSA) is 15.9 Å². The number of aromatic nitrogens is 1. The quantitative estimate of drug-likeness (QED) is 0.272. The highest BCUT2D eigenvalue weighted by Crippen LogP contribution is 2.40. The third-order valence-corrected chi connectivity index (χ3v) is 7.02. The molecule has 0 saturated heterocycles. The zero-order valence-electron chi connectivity index (χ0n) is 17.4. The maximum Gasteiger partial charge on any atom is 0.262 e. The highest BCUT2D eigenvalue weighted by Gasteiger charge is 2.20. The summed E-state index contributed by atoms with van der Waals surface area (Å²) >= 11 is 3.67. The average Bonchev–Trinajstić information content (AvgIpc) is 3.30. The van der Waals surface area contributed by atoms with Crippen LogP contribution in [0.25, 0.3) is 16.3 Å². The van der Waals surface area contributed by atoms with Crippen LogP contribution < -0.4 is 33.9 Å². The van der Waals surface area contributed by atoms with E-state index in [0.29, 0.717) is 0 Å². The number of anilines is 1.